The molecule has 0 spiro atoms. The molecule has 1 aromatic carbocycles. The third kappa shape index (κ3) is 3.65. The number of fused-ring (bicyclic) bond motifs is 1. The van der Waals surface area contributed by atoms with E-state index in [-0.39, 0.29) is 11.6 Å². The van der Waals surface area contributed by atoms with Gasteiger partial charge in [-0.3, -0.25) is 19.4 Å². The van der Waals surface area contributed by atoms with Crippen molar-refractivity contribution in [3.05, 3.63) is 58.3 Å². The van der Waals surface area contributed by atoms with Gasteiger partial charge in [0.15, 0.2) is 5.65 Å². The van der Waals surface area contributed by atoms with Crippen LogP contribution in [0.5, 0.6) is 0 Å². The summed E-state index contributed by atoms with van der Waals surface area (Å²) in [5, 5.41) is 10.9. The SMILES string of the molecule is CCC(c1nc2[nH]ncc2c(=O)n1CCc1ccccc1)N1CCNCC1. The van der Waals surface area contributed by atoms with Crippen LogP contribution in [0.1, 0.15) is 30.8 Å². The topological polar surface area (TPSA) is 78.8 Å². The molecule has 2 aromatic heterocycles. The van der Waals surface area contributed by atoms with Gasteiger partial charge in [-0.05, 0) is 18.4 Å². The van der Waals surface area contributed by atoms with Crippen LogP contribution in [0.2, 0.25) is 0 Å². The highest BCUT2D eigenvalue weighted by Crippen LogP contribution is 2.23. The zero-order chi connectivity index (χ0) is 18.6. The number of benzene rings is 1. The smallest absolute Gasteiger partial charge is 0.264 e. The second-order valence-electron chi connectivity index (χ2n) is 7.00. The lowest BCUT2D eigenvalue weighted by molar-refractivity contribution is 0.158. The molecule has 4 rings (SSSR count). The van der Waals surface area contributed by atoms with Crippen LogP contribution in [0, 0.1) is 0 Å². The molecule has 2 N–H and O–H groups in total. The Morgan fingerprint density at radius 1 is 1.19 bits per heavy atom. The summed E-state index contributed by atoms with van der Waals surface area (Å²) in [6.45, 7) is 6.66. The molecule has 7 heteroatoms. The monoisotopic (exact) mass is 366 g/mol. The summed E-state index contributed by atoms with van der Waals surface area (Å²) in [5.74, 6) is 0.845. The standard InChI is InChI=1S/C20H26N6O/c1-2-17(25-12-9-21-10-13-25)19-23-18-16(14-22-24-18)20(27)26(19)11-8-15-6-4-3-5-7-15/h3-7,14,17,21H,2,8-13H2,1H3,(H,22,24). The van der Waals surface area contributed by atoms with Gasteiger partial charge in [-0.1, -0.05) is 37.3 Å². The van der Waals surface area contributed by atoms with Crippen molar-refractivity contribution in [1.82, 2.24) is 30.0 Å². The number of hydrogen-bond donors (Lipinski definition) is 2. The van der Waals surface area contributed by atoms with Crippen LogP contribution in [0.4, 0.5) is 0 Å². The number of nitrogens with one attached hydrogen (secondary N) is 2. The van der Waals surface area contributed by atoms with Crippen LogP contribution in [0.15, 0.2) is 41.3 Å². The molecule has 142 valence electrons. The first-order valence-electron chi connectivity index (χ1n) is 9.70. The van der Waals surface area contributed by atoms with Gasteiger partial charge in [0.2, 0.25) is 0 Å². The van der Waals surface area contributed by atoms with Crippen LogP contribution < -0.4 is 10.9 Å². The van der Waals surface area contributed by atoms with Gasteiger partial charge in [0, 0.05) is 32.7 Å². The van der Waals surface area contributed by atoms with Crippen LogP contribution in [-0.2, 0) is 13.0 Å². The van der Waals surface area contributed by atoms with Crippen molar-refractivity contribution in [3.8, 4) is 0 Å². The van der Waals surface area contributed by atoms with Gasteiger partial charge in [0.1, 0.15) is 11.2 Å². The predicted octanol–water partition coefficient (Wildman–Crippen LogP) is 1.72. The average molecular weight is 366 g/mol. The molecule has 1 aliphatic heterocycles. The van der Waals surface area contributed by atoms with Gasteiger partial charge in [0.25, 0.3) is 5.56 Å². The molecular formula is C20H26N6O. The molecule has 3 aromatic rings. The number of aromatic amines is 1. The van der Waals surface area contributed by atoms with E-state index in [0.717, 1.165) is 44.8 Å². The fraction of sp³-hybridized carbons (Fsp3) is 0.450. The first-order valence-corrected chi connectivity index (χ1v) is 9.70. The molecular weight excluding hydrogens is 340 g/mol. The van der Waals surface area contributed by atoms with Crippen molar-refractivity contribution in [2.45, 2.75) is 32.4 Å². The van der Waals surface area contributed by atoms with Gasteiger partial charge < -0.3 is 5.32 Å². The minimum absolute atomic E-state index is 0.00624. The normalized spacial score (nSPS) is 16.6. The molecule has 1 unspecified atom stereocenters. The summed E-state index contributed by atoms with van der Waals surface area (Å²) in [5.41, 5.74) is 1.80. The van der Waals surface area contributed by atoms with E-state index in [1.54, 1.807) is 6.20 Å². The molecule has 0 amide bonds. The van der Waals surface area contributed by atoms with Crippen LogP contribution >= 0.6 is 0 Å². The maximum Gasteiger partial charge on any atom is 0.264 e. The Labute approximate surface area is 158 Å². The first kappa shape index (κ1) is 17.9. The second-order valence-corrected chi connectivity index (χ2v) is 7.00. The summed E-state index contributed by atoms with van der Waals surface area (Å²) in [6.07, 6.45) is 3.30. The number of aromatic nitrogens is 4. The molecule has 27 heavy (non-hydrogen) atoms. The van der Waals surface area contributed by atoms with Gasteiger partial charge in [-0.15, -0.1) is 0 Å². The minimum Gasteiger partial charge on any atom is -0.314 e. The summed E-state index contributed by atoms with van der Waals surface area (Å²) >= 11 is 0. The number of hydrogen-bond acceptors (Lipinski definition) is 5. The molecule has 0 saturated carbocycles. The van der Waals surface area contributed by atoms with Crippen molar-refractivity contribution < 1.29 is 0 Å². The quantitative estimate of drug-likeness (QED) is 0.694. The fourth-order valence-electron chi connectivity index (χ4n) is 3.90. The van der Waals surface area contributed by atoms with E-state index in [1.807, 2.05) is 22.8 Å². The lowest BCUT2D eigenvalue weighted by atomic mass is 10.1. The Kier molecular flexibility index (Phi) is 5.31. The van der Waals surface area contributed by atoms with Crippen molar-refractivity contribution in [3.63, 3.8) is 0 Å². The molecule has 0 bridgehead atoms. The van der Waals surface area contributed by atoms with E-state index in [4.69, 9.17) is 4.98 Å². The van der Waals surface area contributed by atoms with Crippen LogP contribution in [0.3, 0.4) is 0 Å². The van der Waals surface area contributed by atoms with Crippen molar-refractivity contribution >= 4 is 11.0 Å². The lowest BCUT2D eigenvalue weighted by Gasteiger charge is -2.34. The second kappa shape index (κ2) is 8.02. The van der Waals surface area contributed by atoms with E-state index in [9.17, 15) is 4.79 Å². The molecule has 1 saturated heterocycles. The molecule has 1 aliphatic rings. The molecule has 7 nitrogen and oxygen atoms in total. The Hall–Kier alpha value is -2.51. The summed E-state index contributed by atoms with van der Waals surface area (Å²) in [4.78, 5) is 20.4. The highest BCUT2D eigenvalue weighted by Gasteiger charge is 2.26. The van der Waals surface area contributed by atoms with Gasteiger partial charge in [-0.25, -0.2) is 4.98 Å². The highest BCUT2D eigenvalue weighted by atomic mass is 16.1. The zero-order valence-corrected chi connectivity index (χ0v) is 15.7. The zero-order valence-electron chi connectivity index (χ0n) is 15.7. The van der Waals surface area contributed by atoms with Gasteiger partial charge >= 0.3 is 0 Å². The van der Waals surface area contributed by atoms with E-state index >= 15 is 0 Å². The van der Waals surface area contributed by atoms with Gasteiger partial charge in [-0.2, -0.15) is 5.10 Å². The maximum atomic E-state index is 13.2. The number of aryl methyl sites for hydroxylation is 1. The molecule has 1 atom stereocenters. The number of piperazine rings is 1. The fourth-order valence-corrected chi connectivity index (χ4v) is 3.90. The third-order valence-corrected chi connectivity index (χ3v) is 5.34. The van der Waals surface area contributed by atoms with Crippen LogP contribution in [-0.4, -0.2) is 50.8 Å². The summed E-state index contributed by atoms with van der Waals surface area (Å²) < 4.78 is 1.86. The molecule has 0 radical (unpaired) electrons. The number of rotatable bonds is 6. The van der Waals surface area contributed by atoms with E-state index in [1.165, 1.54) is 5.56 Å². The first-order chi connectivity index (χ1) is 13.3. The van der Waals surface area contributed by atoms with Crippen LogP contribution in [0.25, 0.3) is 11.0 Å². The van der Waals surface area contributed by atoms with E-state index < -0.39 is 0 Å². The Balaban J connectivity index is 1.73. The van der Waals surface area contributed by atoms with Gasteiger partial charge in [0.05, 0.1) is 12.2 Å². The van der Waals surface area contributed by atoms with Crippen molar-refractivity contribution in [2.24, 2.45) is 0 Å². The summed E-state index contributed by atoms with van der Waals surface area (Å²) in [7, 11) is 0. The Bertz CT molecular complexity index is 942. The van der Waals surface area contributed by atoms with E-state index in [0.29, 0.717) is 17.6 Å². The molecule has 1 fully saturated rings. The Morgan fingerprint density at radius 3 is 2.70 bits per heavy atom. The highest BCUT2D eigenvalue weighted by molar-refractivity contribution is 5.72. The largest absolute Gasteiger partial charge is 0.314 e. The lowest BCUT2D eigenvalue weighted by Crippen LogP contribution is -2.46. The third-order valence-electron chi connectivity index (χ3n) is 5.34. The predicted molar refractivity (Wildman–Crippen MR) is 106 cm³/mol. The van der Waals surface area contributed by atoms with E-state index in [2.05, 4.69) is 39.5 Å². The van der Waals surface area contributed by atoms with Crippen molar-refractivity contribution in [1.29, 1.82) is 0 Å². The minimum atomic E-state index is -0.00624. The average Bonchev–Trinajstić information content (AvgIpc) is 3.19. The maximum absolute atomic E-state index is 13.2. The number of H-pyrrole nitrogens is 1. The van der Waals surface area contributed by atoms with Crippen molar-refractivity contribution in [2.75, 3.05) is 26.2 Å². The summed E-state index contributed by atoms with van der Waals surface area (Å²) in [6, 6.07) is 10.4. The molecule has 3 heterocycles. The molecule has 0 aliphatic carbocycles. The Morgan fingerprint density at radius 2 is 1.96 bits per heavy atom. The number of nitrogens with zero attached hydrogens (tertiary/aromatic N) is 4.